The van der Waals surface area contributed by atoms with Crippen molar-refractivity contribution in [3.63, 3.8) is 0 Å². The molecule has 2 rings (SSSR count). The Kier molecular flexibility index (Phi) is 4.33. The molecule has 1 N–H and O–H groups in total. The Morgan fingerprint density at radius 1 is 1.44 bits per heavy atom. The van der Waals surface area contributed by atoms with E-state index in [0.717, 1.165) is 17.2 Å². The van der Waals surface area contributed by atoms with Gasteiger partial charge in [0.2, 0.25) is 0 Å². The Morgan fingerprint density at radius 3 is 2.83 bits per heavy atom. The van der Waals surface area contributed by atoms with Gasteiger partial charge in [0.25, 0.3) is 0 Å². The number of nitrogens with one attached hydrogen (secondary N) is 1. The average Bonchev–Trinajstić information content (AvgIpc) is 2.28. The van der Waals surface area contributed by atoms with Crippen LogP contribution < -0.4 is 10.1 Å². The van der Waals surface area contributed by atoms with Gasteiger partial charge in [0.05, 0.1) is 12.1 Å². The molecule has 0 bridgehead atoms. The number of anilines is 1. The first-order valence-electron chi connectivity index (χ1n) is 6.18. The SMILES string of the molecule is COc1ccc(NC2CSCC(C)(C)C2)cc1Cl. The number of benzene rings is 1. The van der Waals surface area contributed by atoms with Gasteiger partial charge in [-0.05, 0) is 35.8 Å². The van der Waals surface area contributed by atoms with Crippen LogP contribution in [0.15, 0.2) is 18.2 Å². The van der Waals surface area contributed by atoms with Gasteiger partial charge >= 0.3 is 0 Å². The third kappa shape index (κ3) is 3.48. The Labute approximate surface area is 118 Å². The van der Waals surface area contributed by atoms with Crippen molar-refractivity contribution in [3.05, 3.63) is 23.2 Å². The third-order valence-corrected chi connectivity index (χ3v) is 5.05. The van der Waals surface area contributed by atoms with Crippen LogP contribution in [0.4, 0.5) is 5.69 Å². The molecule has 100 valence electrons. The smallest absolute Gasteiger partial charge is 0.137 e. The van der Waals surface area contributed by atoms with E-state index < -0.39 is 0 Å². The number of hydrogen-bond donors (Lipinski definition) is 1. The minimum Gasteiger partial charge on any atom is -0.495 e. The van der Waals surface area contributed by atoms with Crippen LogP contribution in [0.2, 0.25) is 5.02 Å². The number of methoxy groups -OCH3 is 1. The van der Waals surface area contributed by atoms with Crippen molar-refractivity contribution < 1.29 is 4.74 Å². The number of hydrogen-bond acceptors (Lipinski definition) is 3. The molecule has 2 nitrogen and oxygen atoms in total. The molecule has 1 heterocycles. The lowest BCUT2D eigenvalue weighted by Gasteiger charge is -2.35. The first-order chi connectivity index (χ1) is 8.50. The zero-order valence-corrected chi connectivity index (χ0v) is 12.7. The predicted octanol–water partition coefficient (Wildman–Crippen LogP) is 4.29. The van der Waals surface area contributed by atoms with E-state index >= 15 is 0 Å². The first kappa shape index (κ1) is 13.9. The summed E-state index contributed by atoms with van der Waals surface area (Å²) in [5.41, 5.74) is 1.49. The second kappa shape index (κ2) is 5.62. The van der Waals surface area contributed by atoms with Gasteiger partial charge in [-0.2, -0.15) is 11.8 Å². The van der Waals surface area contributed by atoms with Gasteiger partial charge in [0.1, 0.15) is 5.75 Å². The van der Waals surface area contributed by atoms with Crippen LogP contribution in [0.1, 0.15) is 20.3 Å². The molecular weight excluding hydrogens is 266 g/mol. The van der Waals surface area contributed by atoms with Gasteiger partial charge in [-0.15, -0.1) is 0 Å². The highest BCUT2D eigenvalue weighted by atomic mass is 35.5. The van der Waals surface area contributed by atoms with Crippen molar-refractivity contribution in [2.75, 3.05) is 23.9 Å². The van der Waals surface area contributed by atoms with Gasteiger partial charge in [0.15, 0.2) is 0 Å². The molecule has 0 aliphatic carbocycles. The second-order valence-corrected chi connectivity index (χ2v) is 7.01. The molecule has 1 aliphatic heterocycles. The Bertz CT molecular complexity index is 422. The third-order valence-electron chi connectivity index (χ3n) is 3.13. The lowest BCUT2D eigenvalue weighted by atomic mass is 9.88. The fourth-order valence-electron chi connectivity index (χ4n) is 2.35. The summed E-state index contributed by atoms with van der Waals surface area (Å²) < 4.78 is 5.16. The highest BCUT2D eigenvalue weighted by Gasteiger charge is 2.28. The minimum atomic E-state index is 0.414. The number of ether oxygens (including phenoxy) is 1. The fourth-order valence-corrected chi connectivity index (χ4v) is 3.88. The van der Waals surface area contributed by atoms with Crippen molar-refractivity contribution in [2.45, 2.75) is 26.3 Å². The van der Waals surface area contributed by atoms with E-state index in [-0.39, 0.29) is 0 Å². The molecule has 0 spiro atoms. The van der Waals surface area contributed by atoms with Gasteiger partial charge in [-0.1, -0.05) is 25.4 Å². The summed E-state index contributed by atoms with van der Waals surface area (Å²) in [5, 5.41) is 4.23. The summed E-state index contributed by atoms with van der Waals surface area (Å²) in [5.74, 6) is 3.13. The van der Waals surface area contributed by atoms with Crippen LogP contribution in [0, 0.1) is 5.41 Å². The molecule has 0 radical (unpaired) electrons. The van der Waals surface area contributed by atoms with E-state index in [9.17, 15) is 0 Å². The largest absolute Gasteiger partial charge is 0.495 e. The normalized spacial score (nSPS) is 22.6. The molecule has 4 heteroatoms. The van der Waals surface area contributed by atoms with Crippen LogP contribution in [0.5, 0.6) is 5.75 Å². The molecule has 1 unspecified atom stereocenters. The van der Waals surface area contributed by atoms with Crippen LogP contribution in [0.3, 0.4) is 0 Å². The maximum absolute atomic E-state index is 6.13. The van der Waals surface area contributed by atoms with E-state index in [2.05, 4.69) is 19.2 Å². The molecule has 1 saturated heterocycles. The summed E-state index contributed by atoms with van der Waals surface area (Å²) in [6, 6.07) is 6.39. The molecule has 0 saturated carbocycles. The topological polar surface area (TPSA) is 21.3 Å². The van der Waals surface area contributed by atoms with E-state index in [4.69, 9.17) is 16.3 Å². The molecule has 1 aliphatic rings. The van der Waals surface area contributed by atoms with Gasteiger partial charge in [-0.3, -0.25) is 0 Å². The van der Waals surface area contributed by atoms with Crippen molar-refractivity contribution in [2.24, 2.45) is 5.41 Å². The van der Waals surface area contributed by atoms with Crippen LogP contribution in [-0.2, 0) is 0 Å². The van der Waals surface area contributed by atoms with Crippen molar-refractivity contribution in [1.29, 1.82) is 0 Å². The fraction of sp³-hybridized carbons (Fsp3) is 0.571. The van der Waals surface area contributed by atoms with E-state index in [1.54, 1.807) is 7.11 Å². The number of thioether (sulfide) groups is 1. The number of rotatable bonds is 3. The zero-order chi connectivity index (χ0) is 13.2. The molecule has 1 aromatic carbocycles. The van der Waals surface area contributed by atoms with Crippen LogP contribution >= 0.6 is 23.4 Å². The summed E-state index contributed by atoms with van der Waals surface area (Å²) >= 11 is 8.15. The lowest BCUT2D eigenvalue weighted by molar-refractivity contribution is 0.358. The van der Waals surface area contributed by atoms with Crippen LogP contribution in [0.25, 0.3) is 0 Å². The number of halogens is 1. The maximum Gasteiger partial charge on any atom is 0.137 e. The summed E-state index contributed by atoms with van der Waals surface area (Å²) in [4.78, 5) is 0. The Balaban J connectivity index is 2.03. The standard InChI is InChI=1S/C14H20ClNOS/c1-14(2)7-11(8-18-9-14)16-10-4-5-13(17-3)12(15)6-10/h4-6,11,16H,7-9H2,1-3H3. The quantitative estimate of drug-likeness (QED) is 0.895. The van der Waals surface area contributed by atoms with E-state index in [1.807, 2.05) is 30.0 Å². The first-order valence-corrected chi connectivity index (χ1v) is 7.71. The molecule has 1 fully saturated rings. The minimum absolute atomic E-state index is 0.414. The van der Waals surface area contributed by atoms with E-state index in [1.165, 1.54) is 12.2 Å². The molecular formula is C14H20ClNOS. The Hall–Kier alpha value is -0.540. The van der Waals surface area contributed by atoms with Crippen molar-refractivity contribution in [1.82, 2.24) is 0 Å². The van der Waals surface area contributed by atoms with Gasteiger partial charge in [0, 0.05) is 17.5 Å². The van der Waals surface area contributed by atoms with Crippen LogP contribution in [-0.4, -0.2) is 24.7 Å². The highest BCUT2D eigenvalue weighted by Crippen LogP contribution is 2.35. The molecule has 1 atom stereocenters. The zero-order valence-electron chi connectivity index (χ0n) is 11.1. The van der Waals surface area contributed by atoms with Gasteiger partial charge < -0.3 is 10.1 Å². The van der Waals surface area contributed by atoms with Crippen molar-refractivity contribution >= 4 is 29.1 Å². The molecule has 18 heavy (non-hydrogen) atoms. The second-order valence-electron chi connectivity index (χ2n) is 5.57. The molecule has 0 amide bonds. The maximum atomic E-state index is 6.13. The van der Waals surface area contributed by atoms with Gasteiger partial charge in [-0.25, -0.2) is 0 Å². The Morgan fingerprint density at radius 2 is 2.22 bits per heavy atom. The summed E-state index contributed by atoms with van der Waals surface area (Å²) in [6.45, 7) is 4.66. The lowest BCUT2D eigenvalue weighted by Crippen LogP contribution is -2.35. The monoisotopic (exact) mass is 285 g/mol. The summed E-state index contributed by atoms with van der Waals surface area (Å²) in [6.07, 6.45) is 1.20. The molecule has 0 aromatic heterocycles. The predicted molar refractivity (Wildman–Crippen MR) is 81.1 cm³/mol. The van der Waals surface area contributed by atoms with Crippen molar-refractivity contribution in [3.8, 4) is 5.75 Å². The summed E-state index contributed by atoms with van der Waals surface area (Å²) in [7, 11) is 1.63. The highest BCUT2D eigenvalue weighted by molar-refractivity contribution is 7.99. The average molecular weight is 286 g/mol. The van der Waals surface area contributed by atoms with E-state index in [0.29, 0.717) is 16.5 Å². The molecule has 1 aromatic rings.